The Morgan fingerprint density at radius 3 is 2.19 bits per heavy atom. The Balaban J connectivity index is 0.00000150. The maximum Gasteiger partial charge on any atom is 0.431 e. The van der Waals surface area contributed by atoms with Gasteiger partial charge in [0.2, 0.25) is 5.60 Å². The molecule has 0 unspecified atom stereocenters. The molecule has 2 rings (SSSR count). The van der Waals surface area contributed by atoms with Crippen LogP contribution in [0.3, 0.4) is 0 Å². The summed E-state index contributed by atoms with van der Waals surface area (Å²) in [5, 5.41) is 17.1. The van der Waals surface area contributed by atoms with Gasteiger partial charge in [0.15, 0.2) is 0 Å². The number of hydrogen-bond donors (Lipinski definition) is 2. The van der Waals surface area contributed by atoms with Crippen LogP contribution in [0.2, 0.25) is 5.02 Å². The quantitative estimate of drug-likeness (QED) is 0.287. The lowest BCUT2D eigenvalue weighted by Crippen LogP contribution is -2.44. The molecule has 0 aromatic heterocycles. The summed E-state index contributed by atoms with van der Waals surface area (Å²) in [5.41, 5.74) is -3.23. The van der Waals surface area contributed by atoms with Crippen LogP contribution in [0.15, 0.2) is 23.9 Å². The molecule has 0 radical (unpaired) electrons. The largest absolute Gasteiger partial charge is 0.474 e. The molecule has 0 atom stereocenters. The van der Waals surface area contributed by atoms with Gasteiger partial charge < -0.3 is 24.4 Å². The number of halogens is 5. The topological polar surface area (TPSA) is 109 Å². The van der Waals surface area contributed by atoms with Gasteiger partial charge in [0.1, 0.15) is 30.8 Å². The highest BCUT2D eigenvalue weighted by Crippen LogP contribution is 2.45. The summed E-state index contributed by atoms with van der Waals surface area (Å²) < 4.78 is 69.0. The number of alkyl halides is 3. The van der Waals surface area contributed by atoms with Crippen molar-refractivity contribution in [3.8, 4) is 5.75 Å². The number of amides is 2. The number of rotatable bonds is 8. The lowest BCUT2D eigenvalue weighted by atomic mass is 10.2. The Kier molecular flexibility index (Phi) is 11.4. The number of urea groups is 1. The zero-order valence-electron chi connectivity index (χ0n) is 20.4. The second kappa shape index (κ2) is 13.1. The van der Waals surface area contributed by atoms with Gasteiger partial charge in [-0.15, -0.1) is 0 Å². The first-order valence-corrected chi connectivity index (χ1v) is 10.9. The first kappa shape index (κ1) is 31.4. The number of carbonyl (C=O) groups excluding carboxylic acids is 2. The normalized spacial score (nSPS) is 14.5. The number of anilines is 1. The third-order valence-electron chi connectivity index (χ3n) is 4.73. The summed E-state index contributed by atoms with van der Waals surface area (Å²) in [4.78, 5) is 25.5. The zero-order valence-corrected chi connectivity index (χ0v) is 21.1. The van der Waals surface area contributed by atoms with Gasteiger partial charge in [-0.2, -0.15) is 13.2 Å². The lowest BCUT2D eigenvalue weighted by Gasteiger charge is -2.29. The van der Waals surface area contributed by atoms with E-state index in [0.29, 0.717) is 23.8 Å². The molecule has 2 amide bonds. The minimum Gasteiger partial charge on any atom is -0.474 e. The Labute approximate surface area is 210 Å². The fraction of sp³-hybridized carbons (Fsp3) is 0.545. The maximum absolute atomic E-state index is 14.6. The summed E-state index contributed by atoms with van der Waals surface area (Å²) >= 11 is 6.02. The van der Waals surface area contributed by atoms with Crippen LogP contribution in [0.25, 0.3) is 0 Å². The molecule has 14 heteroatoms. The Hall–Kier alpha value is -2.61. The second-order valence-electron chi connectivity index (χ2n) is 7.78. The molecule has 1 aromatic carbocycles. The van der Waals surface area contributed by atoms with Gasteiger partial charge in [-0.3, -0.25) is 9.80 Å². The van der Waals surface area contributed by atoms with Gasteiger partial charge in [-0.1, -0.05) is 17.7 Å². The number of aliphatic hydroxyl groups is 2. The molecule has 2 N–H and O–H groups in total. The van der Waals surface area contributed by atoms with Crippen molar-refractivity contribution in [2.24, 2.45) is 0 Å². The number of esters is 1. The van der Waals surface area contributed by atoms with E-state index < -0.39 is 53.8 Å². The molecular weight excluding hydrogens is 516 g/mol. The van der Waals surface area contributed by atoms with E-state index in [4.69, 9.17) is 26.2 Å². The van der Waals surface area contributed by atoms with Gasteiger partial charge in [0.25, 0.3) is 0 Å². The van der Waals surface area contributed by atoms with Gasteiger partial charge in [-0.25, -0.2) is 14.0 Å². The van der Waals surface area contributed by atoms with Crippen molar-refractivity contribution in [2.45, 2.75) is 51.5 Å². The minimum atomic E-state index is -4.86. The fourth-order valence-electron chi connectivity index (χ4n) is 2.87. The van der Waals surface area contributed by atoms with Gasteiger partial charge >= 0.3 is 18.2 Å². The van der Waals surface area contributed by atoms with E-state index >= 15 is 0 Å². The number of allylic oxidation sites excluding steroid dienone is 2. The number of ether oxygens (including phenoxy) is 3. The molecule has 0 bridgehead atoms. The third kappa shape index (κ3) is 7.95. The van der Waals surface area contributed by atoms with Crippen LogP contribution in [0.5, 0.6) is 5.75 Å². The van der Waals surface area contributed by atoms with Crippen LogP contribution in [-0.2, 0) is 14.3 Å². The van der Waals surface area contributed by atoms with Crippen LogP contribution < -0.4 is 9.64 Å². The molecule has 1 aliphatic carbocycles. The first-order valence-electron chi connectivity index (χ1n) is 10.6. The summed E-state index contributed by atoms with van der Waals surface area (Å²) in [6, 6.07) is 0.350. The van der Waals surface area contributed by atoms with E-state index in [9.17, 15) is 32.3 Å². The van der Waals surface area contributed by atoms with Crippen LogP contribution >= 0.6 is 11.6 Å². The molecule has 1 aromatic rings. The highest BCUT2D eigenvalue weighted by molar-refractivity contribution is 6.32. The Bertz CT molecular complexity index is 951. The van der Waals surface area contributed by atoms with Crippen molar-refractivity contribution in [3.05, 3.63) is 34.7 Å². The zero-order chi connectivity index (χ0) is 27.8. The molecule has 1 fully saturated rings. The maximum atomic E-state index is 14.6. The molecule has 0 spiro atoms. The molecule has 9 nitrogen and oxygen atoms in total. The van der Waals surface area contributed by atoms with Crippen molar-refractivity contribution in [2.75, 3.05) is 32.6 Å². The van der Waals surface area contributed by atoms with Crippen LogP contribution in [0, 0.1) is 5.82 Å². The number of aliphatic hydroxyl groups excluding tert-OH is 2. The standard InChI is InChI=1S/C20H23ClF4N2O5.C2H6O2/c1-5-16(20(23,24)25)26(4)18(30)27(10-28)14-9-15(12(21)8-13(14)22)32-19(6-7-19)17(29)31-11(2)3;1-4-2-3/h5,8-9,11,28H,6-7,10H2,1-4H3;3H,2H2,1H3/b16-5-;. The molecule has 1 saturated carbocycles. The monoisotopic (exact) mass is 544 g/mol. The molecule has 204 valence electrons. The first-order chi connectivity index (χ1) is 16.7. The molecule has 0 aliphatic heterocycles. The summed E-state index contributed by atoms with van der Waals surface area (Å²) in [5.74, 6) is -1.94. The highest BCUT2D eigenvalue weighted by atomic mass is 35.5. The molecule has 0 heterocycles. The van der Waals surface area contributed by atoms with Gasteiger partial charge in [0.05, 0.1) is 16.8 Å². The number of carbonyl (C=O) groups is 2. The summed E-state index contributed by atoms with van der Waals surface area (Å²) in [6.45, 7) is 3.06. The van der Waals surface area contributed by atoms with Crippen LogP contribution in [-0.4, -0.2) is 72.7 Å². The number of hydrogen-bond acceptors (Lipinski definition) is 7. The molecule has 36 heavy (non-hydrogen) atoms. The van der Waals surface area contributed by atoms with Crippen molar-refractivity contribution in [3.63, 3.8) is 0 Å². The van der Waals surface area contributed by atoms with Crippen LogP contribution in [0.1, 0.15) is 33.6 Å². The third-order valence-corrected chi connectivity index (χ3v) is 5.03. The predicted molar refractivity (Wildman–Crippen MR) is 122 cm³/mol. The average Bonchev–Trinajstić information content (AvgIpc) is 3.57. The Morgan fingerprint density at radius 1 is 1.25 bits per heavy atom. The fourth-order valence-corrected chi connectivity index (χ4v) is 3.06. The number of methoxy groups -OCH3 is 1. The van der Waals surface area contributed by atoms with Crippen molar-refractivity contribution < 1.29 is 51.6 Å². The SMILES string of the molecule is C/C=C(\N(C)C(=O)N(CO)c1cc(OC2(C(=O)OC(C)C)CC2)c(Cl)cc1F)C(F)(F)F.COCO. The minimum absolute atomic E-state index is 0.181. The molecule has 1 aliphatic rings. The predicted octanol–water partition coefficient (Wildman–Crippen LogP) is 4.20. The smallest absolute Gasteiger partial charge is 0.431 e. The second-order valence-corrected chi connectivity index (χ2v) is 8.19. The lowest BCUT2D eigenvalue weighted by molar-refractivity contribution is -0.158. The number of nitrogens with zero attached hydrogens (tertiary/aromatic N) is 2. The van der Waals surface area contributed by atoms with Crippen molar-refractivity contribution in [1.82, 2.24) is 4.90 Å². The van der Waals surface area contributed by atoms with Crippen molar-refractivity contribution in [1.29, 1.82) is 0 Å². The van der Waals surface area contributed by atoms with E-state index in [1.54, 1.807) is 13.8 Å². The summed E-state index contributed by atoms with van der Waals surface area (Å²) in [7, 11) is 2.26. The molecule has 0 saturated heterocycles. The Morgan fingerprint density at radius 2 is 1.81 bits per heavy atom. The summed E-state index contributed by atoms with van der Waals surface area (Å²) in [6.07, 6.45) is -3.98. The van der Waals surface area contributed by atoms with E-state index in [0.717, 1.165) is 26.1 Å². The van der Waals surface area contributed by atoms with Crippen molar-refractivity contribution >= 4 is 29.3 Å². The molecular formula is C22H29ClF4N2O7. The van der Waals surface area contributed by atoms with Gasteiger partial charge in [0, 0.05) is 33.1 Å². The van der Waals surface area contributed by atoms with E-state index in [1.807, 2.05) is 0 Å². The highest BCUT2D eigenvalue weighted by Gasteiger charge is 2.55. The average molecular weight is 545 g/mol. The van der Waals surface area contributed by atoms with E-state index in [1.165, 1.54) is 7.11 Å². The van der Waals surface area contributed by atoms with Crippen LogP contribution in [0.4, 0.5) is 28.0 Å². The van der Waals surface area contributed by atoms with E-state index in [-0.39, 0.29) is 22.5 Å². The van der Waals surface area contributed by atoms with E-state index in [2.05, 4.69) is 4.74 Å². The number of benzene rings is 1. The van der Waals surface area contributed by atoms with Gasteiger partial charge in [-0.05, 0) is 26.8 Å².